The lowest BCUT2D eigenvalue weighted by Crippen LogP contribution is -2.28. The molecular weight excluding hydrogens is 208 g/mol. The Bertz CT molecular complexity index is 374. The third kappa shape index (κ3) is 2.23. The number of Topliss-reactive ketones (excluding diaryl/α,β-unsaturated/α-hetero) is 1. The number of rotatable bonds is 1. The van der Waals surface area contributed by atoms with Crippen molar-refractivity contribution in [2.45, 2.75) is 38.0 Å². The van der Waals surface area contributed by atoms with Crippen LogP contribution in [0.15, 0.2) is 24.3 Å². The van der Waals surface area contributed by atoms with E-state index in [-0.39, 0.29) is 5.41 Å². The molecule has 0 heterocycles. The van der Waals surface area contributed by atoms with Crippen molar-refractivity contribution in [1.82, 2.24) is 0 Å². The Labute approximate surface area is 95.4 Å². The zero-order valence-electron chi connectivity index (χ0n) is 8.92. The first-order valence-electron chi connectivity index (χ1n) is 5.38. The molecule has 0 aromatic heterocycles. The number of carbonyl (C=O) groups is 1. The lowest BCUT2D eigenvalue weighted by atomic mass is 9.71. The molecule has 0 aliphatic heterocycles. The van der Waals surface area contributed by atoms with Gasteiger partial charge in [0.05, 0.1) is 0 Å². The standard InChI is InChI=1S/C13H15ClO/c1-13(7-5-12(15)6-8-13)10-3-2-4-11(14)9-10/h2-4,9H,5-8H2,1H3. The van der Waals surface area contributed by atoms with Crippen molar-refractivity contribution >= 4 is 17.4 Å². The summed E-state index contributed by atoms with van der Waals surface area (Å²) in [4.78, 5) is 11.2. The first kappa shape index (κ1) is 10.7. The highest BCUT2D eigenvalue weighted by Gasteiger charge is 2.31. The van der Waals surface area contributed by atoms with E-state index in [1.54, 1.807) is 0 Å². The third-order valence-corrected chi connectivity index (χ3v) is 3.67. The van der Waals surface area contributed by atoms with E-state index in [2.05, 4.69) is 13.0 Å². The SMILES string of the molecule is CC1(c2cccc(Cl)c2)CCC(=O)CC1. The minimum absolute atomic E-state index is 0.138. The van der Waals surface area contributed by atoms with Crippen LogP contribution in [0.4, 0.5) is 0 Å². The molecule has 0 radical (unpaired) electrons. The van der Waals surface area contributed by atoms with Crippen LogP contribution in [0.25, 0.3) is 0 Å². The molecule has 1 aromatic carbocycles. The normalized spacial score (nSPS) is 20.3. The minimum Gasteiger partial charge on any atom is -0.300 e. The predicted octanol–water partition coefficient (Wildman–Crippen LogP) is 3.74. The highest BCUT2D eigenvalue weighted by Crippen LogP contribution is 2.38. The summed E-state index contributed by atoms with van der Waals surface area (Å²) in [6.45, 7) is 2.23. The van der Waals surface area contributed by atoms with Crippen LogP contribution in [0, 0.1) is 0 Å². The Morgan fingerprint density at radius 3 is 2.53 bits per heavy atom. The summed E-state index contributed by atoms with van der Waals surface area (Å²) in [6, 6.07) is 8.01. The summed E-state index contributed by atoms with van der Waals surface area (Å²) in [5.41, 5.74) is 1.40. The quantitative estimate of drug-likeness (QED) is 0.708. The van der Waals surface area contributed by atoms with Crippen molar-refractivity contribution in [3.8, 4) is 0 Å². The van der Waals surface area contributed by atoms with Crippen molar-refractivity contribution in [1.29, 1.82) is 0 Å². The summed E-state index contributed by atoms with van der Waals surface area (Å²) in [5, 5.41) is 0.783. The summed E-state index contributed by atoms with van der Waals surface area (Å²) in [6.07, 6.45) is 3.32. The van der Waals surface area contributed by atoms with Gasteiger partial charge in [-0.2, -0.15) is 0 Å². The Kier molecular flexibility index (Phi) is 2.83. The summed E-state index contributed by atoms with van der Waals surface area (Å²) >= 11 is 5.99. The molecule has 15 heavy (non-hydrogen) atoms. The van der Waals surface area contributed by atoms with Gasteiger partial charge in [0.1, 0.15) is 5.78 Å². The van der Waals surface area contributed by atoms with Gasteiger partial charge in [-0.15, -0.1) is 0 Å². The van der Waals surface area contributed by atoms with Gasteiger partial charge in [-0.1, -0.05) is 30.7 Å². The smallest absolute Gasteiger partial charge is 0.132 e. The second-order valence-electron chi connectivity index (χ2n) is 4.61. The van der Waals surface area contributed by atoms with Crippen molar-refractivity contribution < 1.29 is 4.79 Å². The van der Waals surface area contributed by atoms with Gasteiger partial charge in [0.25, 0.3) is 0 Å². The first-order valence-corrected chi connectivity index (χ1v) is 5.76. The predicted molar refractivity (Wildman–Crippen MR) is 62.3 cm³/mol. The topological polar surface area (TPSA) is 17.1 Å². The molecule has 1 aliphatic rings. The zero-order valence-corrected chi connectivity index (χ0v) is 9.68. The molecule has 0 bridgehead atoms. The number of carbonyl (C=O) groups excluding carboxylic acids is 1. The summed E-state index contributed by atoms with van der Waals surface area (Å²) in [7, 11) is 0. The summed E-state index contributed by atoms with van der Waals surface area (Å²) < 4.78 is 0. The molecule has 0 atom stereocenters. The van der Waals surface area contributed by atoms with Crippen molar-refractivity contribution in [2.24, 2.45) is 0 Å². The van der Waals surface area contributed by atoms with E-state index >= 15 is 0 Å². The Hall–Kier alpha value is -0.820. The van der Waals surface area contributed by atoms with Crippen molar-refractivity contribution in [2.75, 3.05) is 0 Å². The van der Waals surface area contributed by atoms with Gasteiger partial charge in [0, 0.05) is 17.9 Å². The number of hydrogen-bond acceptors (Lipinski definition) is 1. The number of benzene rings is 1. The monoisotopic (exact) mass is 222 g/mol. The molecule has 1 nitrogen and oxygen atoms in total. The van der Waals surface area contributed by atoms with Crippen LogP contribution < -0.4 is 0 Å². The van der Waals surface area contributed by atoms with E-state index in [1.165, 1.54) is 5.56 Å². The average molecular weight is 223 g/mol. The van der Waals surface area contributed by atoms with Gasteiger partial charge in [0.2, 0.25) is 0 Å². The van der Waals surface area contributed by atoms with E-state index < -0.39 is 0 Å². The Balaban J connectivity index is 2.25. The number of halogens is 1. The Morgan fingerprint density at radius 1 is 1.27 bits per heavy atom. The lowest BCUT2D eigenvalue weighted by molar-refractivity contribution is -0.121. The maximum Gasteiger partial charge on any atom is 0.132 e. The Morgan fingerprint density at radius 2 is 1.93 bits per heavy atom. The largest absolute Gasteiger partial charge is 0.300 e. The first-order chi connectivity index (χ1) is 7.10. The molecule has 0 saturated heterocycles. The van der Waals surface area contributed by atoms with Gasteiger partial charge in [-0.3, -0.25) is 4.79 Å². The van der Waals surface area contributed by atoms with Crippen LogP contribution in [0.3, 0.4) is 0 Å². The van der Waals surface area contributed by atoms with Gasteiger partial charge >= 0.3 is 0 Å². The molecule has 1 saturated carbocycles. The molecule has 0 amide bonds. The molecule has 2 rings (SSSR count). The van der Waals surface area contributed by atoms with Crippen LogP contribution in [0.5, 0.6) is 0 Å². The fraction of sp³-hybridized carbons (Fsp3) is 0.462. The maximum absolute atomic E-state index is 11.2. The van der Waals surface area contributed by atoms with Crippen molar-refractivity contribution in [3.05, 3.63) is 34.9 Å². The average Bonchev–Trinajstić information content (AvgIpc) is 2.23. The third-order valence-electron chi connectivity index (χ3n) is 3.43. The van der Waals surface area contributed by atoms with Crippen LogP contribution in [-0.4, -0.2) is 5.78 Å². The van der Waals surface area contributed by atoms with Gasteiger partial charge in [0.15, 0.2) is 0 Å². The minimum atomic E-state index is 0.138. The van der Waals surface area contributed by atoms with Gasteiger partial charge < -0.3 is 0 Å². The fourth-order valence-corrected chi connectivity index (χ4v) is 2.42. The number of hydrogen-bond donors (Lipinski definition) is 0. The molecule has 0 unspecified atom stereocenters. The van der Waals surface area contributed by atoms with Crippen LogP contribution in [0.1, 0.15) is 38.2 Å². The molecule has 0 N–H and O–H groups in total. The molecule has 2 heteroatoms. The van der Waals surface area contributed by atoms with Gasteiger partial charge in [-0.05, 0) is 36.0 Å². The maximum atomic E-state index is 11.2. The van der Waals surface area contributed by atoms with Crippen LogP contribution in [0.2, 0.25) is 5.02 Å². The molecule has 80 valence electrons. The van der Waals surface area contributed by atoms with Crippen LogP contribution in [-0.2, 0) is 10.2 Å². The van der Waals surface area contributed by atoms with E-state index in [1.807, 2.05) is 18.2 Å². The highest BCUT2D eigenvalue weighted by atomic mass is 35.5. The molecule has 1 fully saturated rings. The fourth-order valence-electron chi connectivity index (χ4n) is 2.23. The second kappa shape index (κ2) is 3.97. The van der Waals surface area contributed by atoms with E-state index in [0.717, 1.165) is 17.9 Å². The lowest BCUT2D eigenvalue weighted by Gasteiger charge is -2.33. The van der Waals surface area contributed by atoms with Crippen molar-refractivity contribution in [3.63, 3.8) is 0 Å². The molecule has 1 aliphatic carbocycles. The number of ketones is 1. The molecular formula is C13H15ClO. The van der Waals surface area contributed by atoms with E-state index in [4.69, 9.17) is 11.6 Å². The van der Waals surface area contributed by atoms with Gasteiger partial charge in [-0.25, -0.2) is 0 Å². The second-order valence-corrected chi connectivity index (χ2v) is 5.05. The van der Waals surface area contributed by atoms with E-state index in [0.29, 0.717) is 18.6 Å². The van der Waals surface area contributed by atoms with E-state index in [9.17, 15) is 4.79 Å². The van der Waals surface area contributed by atoms with Crippen LogP contribution >= 0.6 is 11.6 Å². The molecule has 1 aromatic rings. The zero-order chi connectivity index (χ0) is 10.9. The molecule has 0 spiro atoms. The highest BCUT2D eigenvalue weighted by molar-refractivity contribution is 6.30. The summed E-state index contributed by atoms with van der Waals surface area (Å²) in [5.74, 6) is 0.398.